The fourth-order valence-corrected chi connectivity index (χ4v) is 1.16. The molecule has 0 aliphatic heterocycles. The molecule has 0 aliphatic carbocycles. The van der Waals surface area contributed by atoms with Crippen LogP contribution in [0.25, 0.3) is 0 Å². The number of hydrogen-bond donors (Lipinski definition) is 1. The Hall–Kier alpha value is -2.17. The second-order valence-electron chi connectivity index (χ2n) is 3.06. The molecule has 0 bridgehead atoms. The van der Waals surface area contributed by atoms with Gasteiger partial charge in [-0.1, -0.05) is 0 Å². The zero-order valence-electron chi connectivity index (χ0n) is 8.21. The fraction of sp³-hybridized carbons (Fsp3) is 0.100. The van der Waals surface area contributed by atoms with Crippen molar-refractivity contribution < 1.29 is 0 Å². The number of hydrogen-bond acceptors (Lipinski definition) is 4. The highest BCUT2D eigenvalue weighted by atomic mass is 16.1. The molecule has 0 fully saturated rings. The largest absolute Gasteiger partial charge is 0.334 e. The van der Waals surface area contributed by atoms with Gasteiger partial charge in [-0.2, -0.15) is 0 Å². The van der Waals surface area contributed by atoms with Crippen LogP contribution in [0.15, 0.2) is 41.7 Å². The summed E-state index contributed by atoms with van der Waals surface area (Å²) in [7, 11) is 1.68. The van der Waals surface area contributed by atoms with Crippen LogP contribution in [0.5, 0.6) is 0 Å². The number of aromatic nitrogens is 3. The van der Waals surface area contributed by atoms with Crippen LogP contribution >= 0.6 is 0 Å². The van der Waals surface area contributed by atoms with E-state index in [1.807, 2.05) is 6.07 Å². The standard InChI is InChI=1S/C10H10N4O/c1-14-6-5-12-9(10(14)15)13-8-3-2-4-11-7-8/h2-7H,1H3,(H,12,13). The van der Waals surface area contributed by atoms with Gasteiger partial charge in [0.15, 0.2) is 5.82 Å². The summed E-state index contributed by atoms with van der Waals surface area (Å²) in [6.07, 6.45) is 6.48. The molecule has 0 saturated heterocycles. The Balaban J connectivity index is 2.33. The third kappa shape index (κ3) is 2.01. The van der Waals surface area contributed by atoms with Crippen LogP contribution in [0.3, 0.4) is 0 Å². The first-order chi connectivity index (χ1) is 7.27. The molecule has 2 aromatic heterocycles. The highest BCUT2D eigenvalue weighted by Crippen LogP contribution is 2.07. The highest BCUT2D eigenvalue weighted by molar-refractivity contribution is 5.53. The zero-order chi connectivity index (χ0) is 10.7. The second kappa shape index (κ2) is 3.91. The molecule has 0 radical (unpaired) electrons. The first-order valence-corrected chi connectivity index (χ1v) is 4.46. The predicted octanol–water partition coefficient (Wildman–Crippen LogP) is 0.919. The van der Waals surface area contributed by atoms with Gasteiger partial charge in [-0.25, -0.2) is 4.98 Å². The second-order valence-corrected chi connectivity index (χ2v) is 3.06. The van der Waals surface area contributed by atoms with Crippen LogP contribution in [0, 0.1) is 0 Å². The molecular formula is C10H10N4O. The fourth-order valence-electron chi connectivity index (χ4n) is 1.16. The van der Waals surface area contributed by atoms with E-state index in [4.69, 9.17) is 0 Å². The van der Waals surface area contributed by atoms with E-state index in [-0.39, 0.29) is 5.56 Å². The topological polar surface area (TPSA) is 59.8 Å². The maximum Gasteiger partial charge on any atom is 0.293 e. The molecule has 0 atom stereocenters. The number of pyridine rings is 1. The summed E-state index contributed by atoms with van der Waals surface area (Å²) in [5, 5.41) is 2.91. The molecule has 2 rings (SSSR count). The Morgan fingerprint density at radius 1 is 1.40 bits per heavy atom. The van der Waals surface area contributed by atoms with Crippen LogP contribution in [-0.2, 0) is 7.05 Å². The quantitative estimate of drug-likeness (QED) is 0.786. The summed E-state index contributed by atoms with van der Waals surface area (Å²) >= 11 is 0. The average Bonchev–Trinajstić information content (AvgIpc) is 2.26. The Morgan fingerprint density at radius 3 is 3.00 bits per heavy atom. The molecule has 76 valence electrons. The molecule has 2 aromatic rings. The summed E-state index contributed by atoms with van der Waals surface area (Å²) in [5.74, 6) is 0.299. The Bertz CT molecular complexity index is 506. The summed E-state index contributed by atoms with van der Waals surface area (Å²) < 4.78 is 1.46. The minimum atomic E-state index is -0.165. The maximum atomic E-state index is 11.6. The SMILES string of the molecule is Cn1ccnc(Nc2cccnc2)c1=O. The molecule has 5 nitrogen and oxygen atoms in total. The third-order valence-corrected chi connectivity index (χ3v) is 1.94. The predicted molar refractivity (Wildman–Crippen MR) is 57.0 cm³/mol. The molecule has 1 N–H and O–H groups in total. The van der Waals surface area contributed by atoms with E-state index in [2.05, 4.69) is 15.3 Å². The maximum absolute atomic E-state index is 11.6. The number of nitrogens with one attached hydrogen (secondary N) is 1. The summed E-state index contributed by atoms with van der Waals surface area (Å²) in [6.45, 7) is 0. The molecular weight excluding hydrogens is 192 g/mol. The van der Waals surface area contributed by atoms with Gasteiger partial charge < -0.3 is 9.88 Å². The lowest BCUT2D eigenvalue weighted by molar-refractivity contribution is 0.845. The zero-order valence-corrected chi connectivity index (χ0v) is 8.21. The first-order valence-electron chi connectivity index (χ1n) is 4.46. The van der Waals surface area contributed by atoms with Crippen molar-refractivity contribution in [2.45, 2.75) is 0 Å². The lowest BCUT2D eigenvalue weighted by Gasteiger charge is -2.04. The number of nitrogens with zero attached hydrogens (tertiary/aromatic N) is 3. The molecule has 2 heterocycles. The van der Waals surface area contributed by atoms with Gasteiger partial charge in [-0.15, -0.1) is 0 Å². The average molecular weight is 202 g/mol. The highest BCUT2D eigenvalue weighted by Gasteiger charge is 2.01. The molecule has 0 amide bonds. The Labute approximate surface area is 86.4 Å². The van der Waals surface area contributed by atoms with Gasteiger partial charge in [0.2, 0.25) is 0 Å². The van der Waals surface area contributed by atoms with Gasteiger partial charge >= 0.3 is 0 Å². The van der Waals surface area contributed by atoms with E-state index in [0.717, 1.165) is 5.69 Å². The number of anilines is 2. The third-order valence-electron chi connectivity index (χ3n) is 1.94. The summed E-state index contributed by atoms with van der Waals surface area (Å²) in [4.78, 5) is 19.5. The van der Waals surface area contributed by atoms with Gasteiger partial charge in [0, 0.05) is 25.6 Å². The van der Waals surface area contributed by atoms with E-state index in [0.29, 0.717) is 5.82 Å². The van der Waals surface area contributed by atoms with Crippen molar-refractivity contribution in [3.05, 3.63) is 47.3 Å². The van der Waals surface area contributed by atoms with Crippen LogP contribution in [0.4, 0.5) is 11.5 Å². The van der Waals surface area contributed by atoms with Crippen LogP contribution in [0.1, 0.15) is 0 Å². The van der Waals surface area contributed by atoms with E-state index in [1.165, 1.54) is 4.57 Å². The molecule has 0 spiro atoms. The van der Waals surface area contributed by atoms with E-state index in [9.17, 15) is 4.79 Å². The van der Waals surface area contributed by atoms with Gasteiger partial charge in [-0.3, -0.25) is 9.78 Å². The van der Waals surface area contributed by atoms with Gasteiger partial charge in [0.1, 0.15) is 0 Å². The normalized spacial score (nSPS) is 9.93. The van der Waals surface area contributed by atoms with E-state index >= 15 is 0 Å². The molecule has 15 heavy (non-hydrogen) atoms. The van der Waals surface area contributed by atoms with Crippen molar-refractivity contribution in [2.24, 2.45) is 7.05 Å². The van der Waals surface area contributed by atoms with Gasteiger partial charge in [-0.05, 0) is 12.1 Å². The smallest absolute Gasteiger partial charge is 0.293 e. The molecule has 0 aromatic carbocycles. The van der Waals surface area contributed by atoms with Gasteiger partial charge in [0.25, 0.3) is 5.56 Å². The van der Waals surface area contributed by atoms with E-state index in [1.54, 1.807) is 37.9 Å². The molecule has 0 unspecified atom stereocenters. The monoisotopic (exact) mass is 202 g/mol. The molecule has 0 saturated carbocycles. The Morgan fingerprint density at radius 2 is 2.27 bits per heavy atom. The van der Waals surface area contributed by atoms with Crippen LogP contribution in [-0.4, -0.2) is 14.5 Å². The number of rotatable bonds is 2. The van der Waals surface area contributed by atoms with Crippen LogP contribution in [0.2, 0.25) is 0 Å². The minimum Gasteiger partial charge on any atom is -0.334 e. The van der Waals surface area contributed by atoms with Crippen molar-refractivity contribution in [3.8, 4) is 0 Å². The molecule has 0 aliphatic rings. The minimum absolute atomic E-state index is 0.165. The Kier molecular flexibility index (Phi) is 2.45. The van der Waals surface area contributed by atoms with Crippen molar-refractivity contribution in [1.82, 2.24) is 14.5 Å². The summed E-state index contributed by atoms with van der Waals surface area (Å²) in [5.41, 5.74) is 0.578. The lowest BCUT2D eigenvalue weighted by atomic mass is 10.4. The van der Waals surface area contributed by atoms with Crippen molar-refractivity contribution in [2.75, 3.05) is 5.32 Å². The number of aryl methyl sites for hydroxylation is 1. The van der Waals surface area contributed by atoms with Crippen molar-refractivity contribution >= 4 is 11.5 Å². The molecule has 5 heteroatoms. The van der Waals surface area contributed by atoms with Crippen LogP contribution < -0.4 is 10.9 Å². The van der Waals surface area contributed by atoms with Crippen molar-refractivity contribution in [1.29, 1.82) is 0 Å². The first kappa shape index (κ1) is 9.39. The van der Waals surface area contributed by atoms with Crippen molar-refractivity contribution in [3.63, 3.8) is 0 Å². The lowest BCUT2D eigenvalue weighted by Crippen LogP contribution is -2.20. The van der Waals surface area contributed by atoms with E-state index < -0.39 is 0 Å². The summed E-state index contributed by atoms with van der Waals surface area (Å²) in [6, 6.07) is 3.61. The van der Waals surface area contributed by atoms with Gasteiger partial charge in [0.05, 0.1) is 11.9 Å².